The minimum absolute atomic E-state index is 0.0842. The number of hydrogen-bond acceptors (Lipinski definition) is 12. The van der Waals surface area contributed by atoms with E-state index in [0.717, 1.165) is 35.5 Å². The van der Waals surface area contributed by atoms with Gasteiger partial charge in [0.15, 0.2) is 0 Å². The monoisotopic (exact) mass is 773 g/mol. The Kier molecular flexibility index (Phi) is 15.2. The summed E-state index contributed by atoms with van der Waals surface area (Å²) in [6.45, 7) is -1.18. The molecule has 296 valence electrons. The average molecular weight is 774 g/mol. The minimum Gasteiger partial charge on any atom is -0.486 e. The molecule has 2 rings (SSSR count). The lowest BCUT2D eigenvalue weighted by molar-refractivity contribution is -0.278. The number of fused-ring (bicyclic) bond motifs is 1. The molecule has 1 aromatic rings. The minimum atomic E-state index is -6.06. The summed E-state index contributed by atoms with van der Waals surface area (Å²) in [5, 5.41) is 18.3. The SMILES string of the molecule is COC(=O)[C@H](CCC(=O)NCCOC(=O)OCCN1C(=O)[C@@H](NC(=O)[C@@](C)(O)C(=O)NCC(F)(F)C(F)(F)F)[C@@H](C)Oc2ccc(F)cc21)NC(C)=O. The Bertz CT molecular complexity index is 1540. The van der Waals surface area contributed by atoms with Gasteiger partial charge >= 0.3 is 24.2 Å². The number of halogens is 6. The summed E-state index contributed by atoms with van der Waals surface area (Å²) in [7, 11) is 1.11. The molecule has 0 bridgehead atoms. The zero-order chi connectivity index (χ0) is 40.3. The fourth-order valence-corrected chi connectivity index (χ4v) is 4.40. The third-order valence-electron chi connectivity index (χ3n) is 7.28. The third kappa shape index (κ3) is 12.4. The highest BCUT2D eigenvalue weighted by molar-refractivity contribution is 6.10. The van der Waals surface area contributed by atoms with Crippen molar-refractivity contribution in [1.29, 1.82) is 0 Å². The van der Waals surface area contributed by atoms with E-state index < -0.39 is 110 Å². The number of carbonyl (C=O) groups is 7. The van der Waals surface area contributed by atoms with Crippen molar-refractivity contribution in [2.75, 3.05) is 44.9 Å². The highest BCUT2D eigenvalue weighted by Crippen LogP contribution is 2.35. The number of esters is 1. The van der Waals surface area contributed by atoms with Gasteiger partial charge in [0.25, 0.3) is 17.7 Å². The Morgan fingerprint density at radius 1 is 1.02 bits per heavy atom. The standard InChI is InChI=1S/C30H37F6N5O12/c1-15-22(40-26(47)28(3,49)25(46)38-14-29(32,33)30(34,35)36)23(44)41(19-13-17(31)5-7-20(19)53-15)10-12-52-27(48)51-11-9-37-21(43)8-6-18(24(45)50-4)39-16(2)42/h5,7,13,15,18,22,49H,6,8-12,14H2,1-4H3,(H,37,43)(H,38,46)(H,39,42)(H,40,47)/t15-,18+,22+,28+/m1/s1. The number of amides is 5. The number of carbonyl (C=O) groups excluding carboxylic acids is 7. The molecule has 53 heavy (non-hydrogen) atoms. The normalized spacial score (nSPS) is 17.4. The highest BCUT2D eigenvalue weighted by atomic mass is 19.4. The van der Waals surface area contributed by atoms with Crippen molar-refractivity contribution >= 4 is 47.3 Å². The number of benzene rings is 1. The van der Waals surface area contributed by atoms with Crippen LogP contribution in [0.3, 0.4) is 0 Å². The first-order valence-corrected chi connectivity index (χ1v) is 15.5. The molecule has 17 nitrogen and oxygen atoms in total. The van der Waals surface area contributed by atoms with E-state index in [0.29, 0.717) is 6.92 Å². The van der Waals surface area contributed by atoms with Crippen LogP contribution in [0.2, 0.25) is 0 Å². The fraction of sp³-hybridized carbons (Fsp3) is 0.567. The molecule has 0 saturated heterocycles. The van der Waals surface area contributed by atoms with Crippen molar-refractivity contribution in [2.24, 2.45) is 0 Å². The van der Waals surface area contributed by atoms with E-state index in [-0.39, 0.29) is 30.8 Å². The molecular weight excluding hydrogens is 736 g/mol. The highest BCUT2D eigenvalue weighted by Gasteiger charge is 2.58. The molecular formula is C30H37F6N5O12. The van der Waals surface area contributed by atoms with E-state index in [1.807, 2.05) is 5.32 Å². The van der Waals surface area contributed by atoms with Gasteiger partial charge in [-0.25, -0.2) is 14.0 Å². The van der Waals surface area contributed by atoms with E-state index in [2.05, 4.69) is 15.4 Å². The second-order valence-electron chi connectivity index (χ2n) is 11.4. The van der Waals surface area contributed by atoms with Crippen LogP contribution in [-0.2, 0) is 43.0 Å². The fourth-order valence-electron chi connectivity index (χ4n) is 4.40. The largest absolute Gasteiger partial charge is 0.508 e. The summed E-state index contributed by atoms with van der Waals surface area (Å²) in [6.07, 6.45) is -8.94. The van der Waals surface area contributed by atoms with Gasteiger partial charge in [-0.2, -0.15) is 22.0 Å². The van der Waals surface area contributed by atoms with Gasteiger partial charge in [0, 0.05) is 19.4 Å². The number of ether oxygens (including phenoxy) is 4. The van der Waals surface area contributed by atoms with Gasteiger partial charge in [-0.3, -0.25) is 24.0 Å². The summed E-state index contributed by atoms with van der Waals surface area (Å²) in [6, 6.07) is 0.0837. The Balaban J connectivity index is 2.01. The lowest BCUT2D eigenvalue weighted by Crippen LogP contribution is -2.63. The van der Waals surface area contributed by atoms with Crippen molar-refractivity contribution in [3.8, 4) is 5.75 Å². The first kappa shape index (κ1) is 43.8. The third-order valence-corrected chi connectivity index (χ3v) is 7.28. The molecule has 0 unspecified atom stereocenters. The van der Waals surface area contributed by atoms with Crippen LogP contribution in [0.4, 0.5) is 36.8 Å². The van der Waals surface area contributed by atoms with Crippen LogP contribution in [0, 0.1) is 5.82 Å². The molecule has 1 aliphatic rings. The van der Waals surface area contributed by atoms with Gasteiger partial charge in [-0.05, 0) is 32.4 Å². The molecule has 0 spiro atoms. The summed E-state index contributed by atoms with van der Waals surface area (Å²) in [5.74, 6) is -13.0. The van der Waals surface area contributed by atoms with Crippen molar-refractivity contribution < 1.29 is 84.0 Å². The van der Waals surface area contributed by atoms with Gasteiger partial charge in [-0.1, -0.05) is 0 Å². The van der Waals surface area contributed by atoms with Crippen LogP contribution in [0.25, 0.3) is 0 Å². The smallest absolute Gasteiger partial charge is 0.486 e. The molecule has 0 aromatic heterocycles. The number of methoxy groups -OCH3 is 1. The van der Waals surface area contributed by atoms with Gasteiger partial charge in [0.05, 0.1) is 32.4 Å². The molecule has 4 atom stereocenters. The number of rotatable bonds is 16. The Morgan fingerprint density at radius 2 is 1.66 bits per heavy atom. The second kappa shape index (κ2) is 18.4. The molecule has 0 fully saturated rings. The predicted octanol–water partition coefficient (Wildman–Crippen LogP) is 0.217. The van der Waals surface area contributed by atoms with Crippen LogP contribution in [0.1, 0.15) is 33.6 Å². The van der Waals surface area contributed by atoms with Crippen molar-refractivity contribution in [3.05, 3.63) is 24.0 Å². The molecule has 5 N–H and O–H groups in total. The quantitative estimate of drug-likeness (QED) is 0.0658. The molecule has 1 heterocycles. The maximum atomic E-state index is 14.2. The number of anilines is 1. The van der Waals surface area contributed by atoms with Crippen LogP contribution in [0.15, 0.2) is 18.2 Å². The van der Waals surface area contributed by atoms with Crippen LogP contribution in [0.5, 0.6) is 5.75 Å². The van der Waals surface area contributed by atoms with Gasteiger partial charge in [-0.15, -0.1) is 0 Å². The maximum Gasteiger partial charge on any atom is 0.508 e. The number of alkyl halides is 5. The molecule has 0 radical (unpaired) electrons. The topological polar surface area (TPSA) is 228 Å². The van der Waals surface area contributed by atoms with Crippen molar-refractivity contribution in [2.45, 2.75) is 69.5 Å². The molecule has 1 aromatic carbocycles. The number of hydrogen-bond donors (Lipinski definition) is 5. The average Bonchev–Trinajstić information content (AvgIpc) is 3.16. The Morgan fingerprint density at radius 3 is 2.26 bits per heavy atom. The molecule has 0 saturated carbocycles. The van der Waals surface area contributed by atoms with Gasteiger partial charge in [0.1, 0.15) is 43.0 Å². The summed E-state index contributed by atoms with van der Waals surface area (Å²) in [5.41, 5.74) is -3.51. The number of nitrogens with zero attached hydrogens (tertiary/aromatic N) is 1. The number of aliphatic hydroxyl groups is 1. The Hall–Kier alpha value is -5.35. The van der Waals surface area contributed by atoms with Crippen LogP contribution >= 0.6 is 0 Å². The zero-order valence-corrected chi connectivity index (χ0v) is 28.6. The summed E-state index contributed by atoms with van der Waals surface area (Å²) >= 11 is 0. The summed E-state index contributed by atoms with van der Waals surface area (Å²) in [4.78, 5) is 86.8. The predicted molar refractivity (Wildman–Crippen MR) is 165 cm³/mol. The maximum absolute atomic E-state index is 14.2. The first-order valence-electron chi connectivity index (χ1n) is 15.5. The van der Waals surface area contributed by atoms with Crippen molar-refractivity contribution in [3.63, 3.8) is 0 Å². The molecule has 0 aliphatic carbocycles. The Labute approximate surface area is 297 Å². The van der Waals surface area contributed by atoms with E-state index in [1.165, 1.54) is 13.8 Å². The van der Waals surface area contributed by atoms with E-state index in [9.17, 15) is 65.0 Å². The molecule has 23 heteroatoms. The van der Waals surface area contributed by atoms with Crippen LogP contribution in [-0.4, -0.2) is 123 Å². The van der Waals surface area contributed by atoms with Crippen molar-refractivity contribution in [1.82, 2.24) is 21.3 Å². The van der Waals surface area contributed by atoms with Gasteiger partial charge in [0.2, 0.25) is 17.4 Å². The van der Waals surface area contributed by atoms with Gasteiger partial charge < -0.3 is 50.2 Å². The number of nitrogens with one attached hydrogen (secondary N) is 4. The van der Waals surface area contributed by atoms with Crippen LogP contribution < -0.4 is 30.9 Å². The summed E-state index contributed by atoms with van der Waals surface area (Å²) < 4.78 is 98.2. The lowest BCUT2D eigenvalue weighted by atomic mass is 10.0. The van der Waals surface area contributed by atoms with E-state index in [1.54, 1.807) is 0 Å². The lowest BCUT2D eigenvalue weighted by Gasteiger charge is -2.29. The van der Waals surface area contributed by atoms with E-state index in [4.69, 9.17) is 14.2 Å². The zero-order valence-electron chi connectivity index (χ0n) is 28.6. The van der Waals surface area contributed by atoms with E-state index >= 15 is 0 Å². The molecule has 5 amide bonds. The second-order valence-corrected chi connectivity index (χ2v) is 11.4. The molecule has 1 aliphatic heterocycles. The first-order chi connectivity index (χ1) is 24.5.